The molecule has 5 heteroatoms. The number of carbonyl (C=O) groups is 2. The molecule has 0 radical (unpaired) electrons. The zero-order valence-electron chi connectivity index (χ0n) is 10.7. The van der Waals surface area contributed by atoms with Crippen molar-refractivity contribution in [2.45, 2.75) is 27.7 Å². The quantitative estimate of drug-likeness (QED) is 0.529. The first-order valence-electron chi connectivity index (χ1n) is 4.96. The third kappa shape index (κ3) is 2.72. The molecule has 0 N–H and O–H groups in total. The van der Waals surface area contributed by atoms with Crippen LogP contribution in [-0.4, -0.2) is 33.0 Å². The van der Waals surface area contributed by atoms with E-state index in [2.05, 4.69) is 9.47 Å². The second-order valence-electron chi connectivity index (χ2n) is 4.58. The maximum absolute atomic E-state index is 11.8. The van der Waals surface area contributed by atoms with Gasteiger partial charge in [0.1, 0.15) is 0 Å². The van der Waals surface area contributed by atoms with Gasteiger partial charge in [0.15, 0.2) is 6.79 Å². The highest BCUT2D eigenvalue weighted by Gasteiger charge is 2.50. The highest BCUT2D eigenvalue weighted by atomic mass is 16.7. The van der Waals surface area contributed by atoms with Gasteiger partial charge in [0.25, 0.3) is 0 Å². The molecule has 0 aromatic carbocycles. The molecule has 0 saturated carbocycles. The van der Waals surface area contributed by atoms with Gasteiger partial charge in [0.05, 0.1) is 17.9 Å². The van der Waals surface area contributed by atoms with Gasteiger partial charge in [-0.15, -0.1) is 0 Å². The van der Waals surface area contributed by atoms with Crippen LogP contribution in [0.2, 0.25) is 0 Å². The Bertz CT molecular complexity index is 268. The number of methoxy groups -OCH3 is 2. The smallest absolute Gasteiger partial charge is 0.314 e. The lowest BCUT2D eigenvalue weighted by atomic mass is 9.68. The highest BCUT2D eigenvalue weighted by molar-refractivity contribution is 5.87. The minimum atomic E-state index is -0.987. The van der Waals surface area contributed by atoms with Gasteiger partial charge >= 0.3 is 11.9 Å². The van der Waals surface area contributed by atoms with E-state index in [0.29, 0.717) is 0 Å². The van der Waals surface area contributed by atoms with Crippen LogP contribution in [0, 0.1) is 10.8 Å². The first-order valence-corrected chi connectivity index (χ1v) is 4.96. The molecule has 0 amide bonds. The maximum atomic E-state index is 11.8. The molecule has 94 valence electrons. The normalized spacial score (nSPS) is 12.1. The predicted molar refractivity (Wildman–Crippen MR) is 57.5 cm³/mol. The van der Waals surface area contributed by atoms with Crippen molar-refractivity contribution < 1.29 is 23.8 Å². The van der Waals surface area contributed by atoms with Crippen molar-refractivity contribution in [2.75, 3.05) is 21.0 Å². The molecule has 0 saturated heterocycles. The van der Waals surface area contributed by atoms with Gasteiger partial charge < -0.3 is 14.2 Å². The number of esters is 2. The first kappa shape index (κ1) is 14.9. The molecule has 0 unspecified atom stereocenters. The molecule has 5 nitrogen and oxygen atoms in total. The summed E-state index contributed by atoms with van der Waals surface area (Å²) >= 11 is 0. The van der Waals surface area contributed by atoms with Crippen LogP contribution in [-0.2, 0) is 23.8 Å². The van der Waals surface area contributed by atoms with Crippen LogP contribution < -0.4 is 0 Å². The molecule has 0 aromatic heterocycles. The second-order valence-corrected chi connectivity index (χ2v) is 4.58. The highest BCUT2D eigenvalue weighted by Crippen LogP contribution is 2.40. The Balaban J connectivity index is 4.88. The van der Waals surface area contributed by atoms with E-state index in [0.717, 1.165) is 0 Å². The van der Waals surface area contributed by atoms with Crippen molar-refractivity contribution in [2.24, 2.45) is 10.8 Å². The van der Waals surface area contributed by atoms with Crippen LogP contribution in [0.15, 0.2) is 0 Å². The van der Waals surface area contributed by atoms with Gasteiger partial charge in [0, 0.05) is 7.11 Å². The molecular weight excluding hydrogens is 212 g/mol. The molecule has 0 atom stereocenters. The lowest BCUT2D eigenvalue weighted by molar-refractivity contribution is -0.180. The lowest BCUT2D eigenvalue weighted by Crippen LogP contribution is -2.46. The van der Waals surface area contributed by atoms with E-state index in [1.165, 1.54) is 14.2 Å². The number of carbonyl (C=O) groups excluding carboxylic acids is 2. The first-order chi connectivity index (χ1) is 7.21. The third-order valence-corrected chi connectivity index (χ3v) is 3.08. The Morgan fingerprint density at radius 2 is 1.38 bits per heavy atom. The fraction of sp³-hybridized carbons (Fsp3) is 0.818. The zero-order valence-corrected chi connectivity index (χ0v) is 10.7. The summed E-state index contributed by atoms with van der Waals surface area (Å²) in [6.45, 7) is 6.45. The van der Waals surface area contributed by atoms with Crippen molar-refractivity contribution in [3.05, 3.63) is 0 Å². The van der Waals surface area contributed by atoms with E-state index in [-0.39, 0.29) is 6.79 Å². The standard InChI is InChI=1S/C11H20O5/c1-10(2,8(12)15-6)11(3,4)9(13)16-7-14-5/h7H2,1-6H3. The molecule has 0 rings (SSSR count). The zero-order chi connectivity index (χ0) is 13.0. The van der Waals surface area contributed by atoms with E-state index in [1.807, 2.05) is 0 Å². The molecular formula is C11H20O5. The van der Waals surface area contributed by atoms with Gasteiger partial charge in [-0.2, -0.15) is 0 Å². The van der Waals surface area contributed by atoms with Gasteiger partial charge in [0.2, 0.25) is 0 Å². The molecule has 0 heterocycles. The SMILES string of the molecule is COCOC(=O)C(C)(C)C(C)(C)C(=O)OC. The average molecular weight is 232 g/mol. The van der Waals surface area contributed by atoms with Crippen LogP contribution >= 0.6 is 0 Å². The molecule has 0 aliphatic carbocycles. The summed E-state index contributed by atoms with van der Waals surface area (Å²) in [5.74, 6) is -0.948. The minimum Gasteiger partial charge on any atom is -0.469 e. The summed E-state index contributed by atoms with van der Waals surface area (Å²) < 4.78 is 14.2. The molecule has 0 aromatic rings. The Morgan fingerprint density at radius 1 is 0.938 bits per heavy atom. The van der Waals surface area contributed by atoms with E-state index in [4.69, 9.17) is 4.74 Å². The largest absolute Gasteiger partial charge is 0.469 e. The molecule has 0 aliphatic heterocycles. The van der Waals surface area contributed by atoms with Crippen molar-refractivity contribution in [1.82, 2.24) is 0 Å². The summed E-state index contributed by atoms with van der Waals surface area (Å²) in [5.41, 5.74) is -1.95. The van der Waals surface area contributed by atoms with Crippen LogP contribution in [0.25, 0.3) is 0 Å². The Kier molecular flexibility index (Phi) is 4.93. The second kappa shape index (κ2) is 5.30. The number of ether oxygens (including phenoxy) is 3. The van der Waals surface area contributed by atoms with Crippen LogP contribution in [0.3, 0.4) is 0 Å². The lowest BCUT2D eigenvalue weighted by Gasteiger charge is -2.36. The molecule has 16 heavy (non-hydrogen) atoms. The number of hydrogen-bond donors (Lipinski definition) is 0. The van der Waals surface area contributed by atoms with Crippen LogP contribution in [0.4, 0.5) is 0 Å². The van der Waals surface area contributed by atoms with Crippen molar-refractivity contribution in [3.8, 4) is 0 Å². The summed E-state index contributed by atoms with van der Waals surface area (Å²) in [6.07, 6.45) is 0. The summed E-state index contributed by atoms with van der Waals surface area (Å²) in [6, 6.07) is 0. The Morgan fingerprint density at radius 3 is 1.75 bits per heavy atom. The maximum Gasteiger partial charge on any atom is 0.314 e. The summed E-state index contributed by atoms with van der Waals surface area (Å²) in [5, 5.41) is 0. The summed E-state index contributed by atoms with van der Waals surface area (Å²) in [7, 11) is 2.71. The third-order valence-electron chi connectivity index (χ3n) is 3.08. The predicted octanol–water partition coefficient (Wildman–Crippen LogP) is 1.36. The topological polar surface area (TPSA) is 61.8 Å². The monoisotopic (exact) mass is 232 g/mol. The number of rotatable bonds is 5. The van der Waals surface area contributed by atoms with E-state index < -0.39 is 22.8 Å². The van der Waals surface area contributed by atoms with Gasteiger partial charge in [-0.25, -0.2) is 0 Å². The van der Waals surface area contributed by atoms with Gasteiger partial charge in [-0.1, -0.05) is 0 Å². The fourth-order valence-corrected chi connectivity index (χ4v) is 1.06. The van der Waals surface area contributed by atoms with E-state index >= 15 is 0 Å². The van der Waals surface area contributed by atoms with E-state index in [9.17, 15) is 9.59 Å². The molecule has 0 spiro atoms. The van der Waals surface area contributed by atoms with E-state index in [1.54, 1.807) is 27.7 Å². The molecule has 0 bridgehead atoms. The average Bonchev–Trinajstić information content (AvgIpc) is 2.23. The Hall–Kier alpha value is -1.10. The van der Waals surface area contributed by atoms with Crippen molar-refractivity contribution in [1.29, 1.82) is 0 Å². The molecule has 0 fully saturated rings. The van der Waals surface area contributed by atoms with Gasteiger partial charge in [-0.3, -0.25) is 9.59 Å². The van der Waals surface area contributed by atoms with Crippen LogP contribution in [0.5, 0.6) is 0 Å². The minimum absolute atomic E-state index is 0.125. The van der Waals surface area contributed by atoms with Gasteiger partial charge in [-0.05, 0) is 27.7 Å². The fourth-order valence-electron chi connectivity index (χ4n) is 1.06. The summed E-state index contributed by atoms with van der Waals surface area (Å²) in [4.78, 5) is 23.4. The van der Waals surface area contributed by atoms with Crippen molar-refractivity contribution >= 4 is 11.9 Å². The Labute approximate surface area is 96.1 Å². The van der Waals surface area contributed by atoms with Crippen molar-refractivity contribution in [3.63, 3.8) is 0 Å². The number of hydrogen-bond acceptors (Lipinski definition) is 5. The molecule has 0 aliphatic rings. The van der Waals surface area contributed by atoms with Crippen LogP contribution in [0.1, 0.15) is 27.7 Å².